The molecule has 0 bridgehead atoms. The first-order valence-electron chi connectivity index (χ1n) is 7.52. The Bertz CT molecular complexity index is 924. The van der Waals surface area contributed by atoms with Crippen molar-refractivity contribution >= 4 is 28.8 Å². The number of aryl methyl sites for hydroxylation is 3. The molecule has 1 amide bonds. The highest BCUT2D eigenvalue weighted by molar-refractivity contribution is 6.34. The van der Waals surface area contributed by atoms with Gasteiger partial charge in [-0.25, -0.2) is 4.98 Å². The lowest BCUT2D eigenvalue weighted by Crippen LogP contribution is -2.16. The fraction of sp³-hybridized carbons (Fsp3) is 0.222. The van der Waals surface area contributed by atoms with Crippen molar-refractivity contribution in [1.82, 2.24) is 9.38 Å². The zero-order valence-corrected chi connectivity index (χ0v) is 14.7. The minimum atomic E-state index is -0.262. The Morgan fingerprint density at radius 1 is 1.29 bits per heavy atom. The van der Waals surface area contributed by atoms with Crippen molar-refractivity contribution in [3.8, 4) is 5.75 Å². The molecule has 0 aliphatic rings. The zero-order valence-electron chi connectivity index (χ0n) is 14.0. The number of pyridine rings is 1. The molecule has 0 aliphatic heterocycles. The number of amides is 1. The number of imidazole rings is 1. The topological polar surface area (TPSA) is 55.6 Å². The number of fused-ring (bicyclic) bond motifs is 1. The van der Waals surface area contributed by atoms with Gasteiger partial charge in [0, 0.05) is 6.20 Å². The Labute approximate surface area is 145 Å². The van der Waals surface area contributed by atoms with Crippen molar-refractivity contribution in [3.05, 3.63) is 58.0 Å². The standard InChI is InChI=1S/C18H18ClN3O2/c1-10-8-11(2)15(13(19)9-10)21-18(23)16-12(3)20-17-14(24-4)6-5-7-22(16)17/h5-9H,1-4H3,(H,21,23). The molecule has 0 radical (unpaired) electrons. The second kappa shape index (κ2) is 6.17. The van der Waals surface area contributed by atoms with E-state index >= 15 is 0 Å². The molecule has 3 aromatic rings. The highest BCUT2D eigenvalue weighted by atomic mass is 35.5. The molecule has 0 atom stereocenters. The first kappa shape index (κ1) is 16.3. The van der Waals surface area contributed by atoms with Crippen LogP contribution in [-0.4, -0.2) is 22.4 Å². The van der Waals surface area contributed by atoms with Gasteiger partial charge in [0.15, 0.2) is 11.4 Å². The fourth-order valence-electron chi connectivity index (χ4n) is 2.84. The number of rotatable bonds is 3. The molecule has 5 nitrogen and oxygen atoms in total. The molecule has 0 aliphatic carbocycles. The molecule has 124 valence electrons. The number of methoxy groups -OCH3 is 1. The number of aromatic nitrogens is 2. The quantitative estimate of drug-likeness (QED) is 0.776. The number of carbonyl (C=O) groups excluding carboxylic acids is 1. The van der Waals surface area contributed by atoms with Gasteiger partial charge >= 0.3 is 0 Å². The van der Waals surface area contributed by atoms with Crippen molar-refractivity contribution < 1.29 is 9.53 Å². The van der Waals surface area contributed by atoms with Crippen molar-refractivity contribution in [1.29, 1.82) is 0 Å². The van der Waals surface area contributed by atoms with E-state index in [4.69, 9.17) is 16.3 Å². The highest BCUT2D eigenvalue weighted by Gasteiger charge is 2.20. The van der Waals surface area contributed by atoms with Gasteiger partial charge in [-0.15, -0.1) is 0 Å². The van der Waals surface area contributed by atoms with E-state index in [-0.39, 0.29) is 5.91 Å². The van der Waals surface area contributed by atoms with E-state index < -0.39 is 0 Å². The number of hydrogen-bond donors (Lipinski definition) is 1. The van der Waals surface area contributed by atoms with E-state index in [1.54, 1.807) is 24.6 Å². The summed E-state index contributed by atoms with van der Waals surface area (Å²) < 4.78 is 7.03. The third kappa shape index (κ3) is 2.71. The largest absolute Gasteiger partial charge is 0.493 e. The Hall–Kier alpha value is -2.53. The molecule has 6 heteroatoms. The van der Waals surface area contributed by atoms with Gasteiger partial charge in [0.2, 0.25) is 0 Å². The van der Waals surface area contributed by atoms with Gasteiger partial charge in [-0.2, -0.15) is 0 Å². The molecule has 0 spiro atoms. The SMILES string of the molecule is COc1cccn2c(C(=O)Nc3c(C)cc(C)cc3Cl)c(C)nc12. The normalized spacial score (nSPS) is 10.9. The molecule has 2 aromatic heterocycles. The van der Waals surface area contributed by atoms with Crippen molar-refractivity contribution in [2.24, 2.45) is 0 Å². The fourth-order valence-corrected chi connectivity index (χ4v) is 3.20. The minimum Gasteiger partial charge on any atom is -0.493 e. The molecule has 0 saturated heterocycles. The monoisotopic (exact) mass is 343 g/mol. The van der Waals surface area contributed by atoms with Crippen LogP contribution in [0.25, 0.3) is 5.65 Å². The molecular weight excluding hydrogens is 326 g/mol. The summed E-state index contributed by atoms with van der Waals surface area (Å²) in [6.45, 7) is 5.68. The van der Waals surface area contributed by atoms with Crippen LogP contribution in [-0.2, 0) is 0 Å². The number of anilines is 1. The highest BCUT2D eigenvalue weighted by Crippen LogP contribution is 2.29. The van der Waals surface area contributed by atoms with Crippen LogP contribution in [0.2, 0.25) is 5.02 Å². The molecule has 0 unspecified atom stereocenters. The number of hydrogen-bond acceptors (Lipinski definition) is 3. The summed E-state index contributed by atoms with van der Waals surface area (Å²) in [6, 6.07) is 7.43. The third-order valence-electron chi connectivity index (χ3n) is 3.89. The molecule has 0 saturated carbocycles. The summed E-state index contributed by atoms with van der Waals surface area (Å²) in [7, 11) is 1.58. The van der Waals surface area contributed by atoms with Crippen molar-refractivity contribution in [2.75, 3.05) is 12.4 Å². The summed E-state index contributed by atoms with van der Waals surface area (Å²) >= 11 is 6.29. The van der Waals surface area contributed by atoms with Crippen LogP contribution in [0, 0.1) is 20.8 Å². The van der Waals surface area contributed by atoms with Crippen LogP contribution in [0.4, 0.5) is 5.69 Å². The second-order valence-electron chi connectivity index (χ2n) is 5.71. The number of ether oxygens (including phenoxy) is 1. The third-order valence-corrected chi connectivity index (χ3v) is 4.19. The number of benzene rings is 1. The van der Waals surface area contributed by atoms with Crippen LogP contribution in [0.5, 0.6) is 5.75 Å². The van der Waals surface area contributed by atoms with Gasteiger partial charge in [0.1, 0.15) is 5.69 Å². The van der Waals surface area contributed by atoms with E-state index in [9.17, 15) is 4.79 Å². The van der Waals surface area contributed by atoms with E-state index in [2.05, 4.69) is 10.3 Å². The van der Waals surface area contributed by atoms with Crippen LogP contribution >= 0.6 is 11.6 Å². The van der Waals surface area contributed by atoms with Gasteiger partial charge in [-0.3, -0.25) is 9.20 Å². The van der Waals surface area contributed by atoms with Gasteiger partial charge in [0.05, 0.1) is 23.5 Å². The summed E-state index contributed by atoms with van der Waals surface area (Å²) in [5, 5.41) is 3.42. The van der Waals surface area contributed by atoms with Gasteiger partial charge < -0.3 is 10.1 Å². The molecule has 3 rings (SSSR count). The van der Waals surface area contributed by atoms with Crippen molar-refractivity contribution in [2.45, 2.75) is 20.8 Å². The average Bonchev–Trinajstić information content (AvgIpc) is 2.86. The summed E-state index contributed by atoms with van der Waals surface area (Å²) in [5.74, 6) is 0.353. The first-order valence-corrected chi connectivity index (χ1v) is 7.90. The lowest BCUT2D eigenvalue weighted by molar-refractivity contribution is 0.102. The van der Waals surface area contributed by atoms with Crippen LogP contribution in [0.1, 0.15) is 27.3 Å². The Morgan fingerprint density at radius 2 is 2.04 bits per heavy atom. The maximum Gasteiger partial charge on any atom is 0.274 e. The predicted octanol–water partition coefficient (Wildman–Crippen LogP) is 4.17. The van der Waals surface area contributed by atoms with Gasteiger partial charge in [-0.05, 0) is 50.1 Å². The molecule has 1 aromatic carbocycles. The summed E-state index contributed by atoms with van der Waals surface area (Å²) in [5.41, 5.74) is 4.26. The van der Waals surface area contributed by atoms with E-state index in [0.717, 1.165) is 11.1 Å². The lowest BCUT2D eigenvalue weighted by Gasteiger charge is -2.12. The molecule has 24 heavy (non-hydrogen) atoms. The zero-order chi connectivity index (χ0) is 17.4. The van der Waals surface area contributed by atoms with Crippen LogP contribution in [0.15, 0.2) is 30.5 Å². The Kier molecular flexibility index (Phi) is 4.20. The summed E-state index contributed by atoms with van der Waals surface area (Å²) in [4.78, 5) is 17.3. The van der Waals surface area contributed by atoms with E-state index in [1.165, 1.54) is 0 Å². The van der Waals surface area contributed by atoms with Crippen molar-refractivity contribution in [3.63, 3.8) is 0 Å². The number of halogens is 1. The predicted molar refractivity (Wildman–Crippen MR) is 95.4 cm³/mol. The Balaban J connectivity index is 2.06. The van der Waals surface area contributed by atoms with Crippen LogP contribution in [0.3, 0.4) is 0 Å². The van der Waals surface area contributed by atoms with Gasteiger partial charge in [0.25, 0.3) is 5.91 Å². The first-order chi connectivity index (χ1) is 11.4. The Morgan fingerprint density at radius 3 is 2.71 bits per heavy atom. The maximum absolute atomic E-state index is 12.8. The average molecular weight is 344 g/mol. The molecule has 2 heterocycles. The summed E-state index contributed by atoms with van der Waals surface area (Å²) in [6.07, 6.45) is 1.79. The molecule has 0 fully saturated rings. The van der Waals surface area contributed by atoms with E-state index in [1.807, 2.05) is 38.1 Å². The van der Waals surface area contributed by atoms with Crippen LogP contribution < -0.4 is 10.1 Å². The lowest BCUT2D eigenvalue weighted by atomic mass is 10.1. The smallest absolute Gasteiger partial charge is 0.274 e. The second-order valence-corrected chi connectivity index (χ2v) is 6.12. The number of carbonyl (C=O) groups is 1. The molecular formula is C18H18ClN3O2. The van der Waals surface area contributed by atoms with Gasteiger partial charge in [-0.1, -0.05) is 17.7 Å². The number of nitrogens with one attached hydrogen (secondary N) is 1. The minimum absolute atomic E-state index is 0.262. The maximum atomic E-state index is 12.8. The van der Waals surface area contributed by atoms with E-state index in [0.29, 0.717) is 33.5 Å². The number of nitrogens with zero attached hydrogens (tertiary/aromatic N) is 2. The molecule has 1 N–H and O–H groups in total.